The zero-order valence-corrected chi connectivity index (χ0v) is 12.7. The highest BCUT2D eigenvalue weighted by Crippen LogP contribution is 2.33. The van der Waals surface area contributed by atoms with Crippen LogP contribution in [-0.2, 0) is 9.84 Å². The molecular formula is C14H7ClF3O4S-. The summed E-state index contributed by atoms with van der Waals surface area (Å²) in [4.78, 5) is 10.0. The Labute approximate surface area is 134 Å². The summed E-state index contributed by atoms with van der Waals surface area (Å²) in [5, 5.41) is 11.6. The van der Waals surface area contributed by atoms with Crippen LogP contribution >= 0.6 is 11.6 Å². The summed E-state index contributed by atoms with van der Waals surface area (Å²) in [6, 6.07) is 7.91. The number of aromatic carboxylic acids is 1. The van der Waals surface area contributed by atoms with E-state index in [0.29, 0.717) is 22.7 Å². The molecule has 4 nitrogen and oxygen atoms in total. The molecule has 2 aromatic carbocycles. The molecule has 0 aromatic heterocycles. The van der Waals surface area contributed by atoms with Crippen molar-refractivity contribution in [2.75, 3.05) is 0 Å². The highest BCUT2D eigenvalue weighted by atomic mass is 35.5. The Morgan fingerprint density at radius 2 is 1.61 bits per heavy atom. The van der Waals surface area contributed by atoms with E-state index in [1.54, 1.807) is 0 Å². The van der Waals surface area contributed by atoms with Crippen molar-refractivity contribution in [3.8, 4) is 11.1 Å². The summed E-state index contributed by atoms with van der Waals surface area (Å²) in [5.41, 5.74) is -5.84. The first-order valence-electron chi connectivity index (χ1n) is 5.97. The van der Waals surface area contributed by atoms with Crippen molar-refractivity contribution in [1.82, 2.24) is 0 Å². The minimum atomic E-state index is -5.65. The van der Waals surface area contributed by atoms with E-state index in [1.807, 2.05) is 0 Å². The second-order valence-electron chi connectivity index (χ2n) is 4.45. The van der Waals surface area contributed by atoms with Crippen molar-refractivity contribution in [2.45, 2.75) is 10.4 Å². The van der Waals surface area contributed by atoms with Crippen LogP contribution in [0.2, 0.25) is 5.02 Å². The van der Waals surface area contributed by atoms with E-state index in [0.717, 1.165) is 6.07 Å². The van der Waals surface area contributed by atoms with E-state index in [2.05, 4.69) is 0 Å². The molecule has 0 unspecified atom stereocenters. The molecule has 0 N–H and O–H groups in total. The van der Waals surface area contributed by atoms with Gasteiger partial charge in [-0.25, -0.2) is 8.42 Å². The molecule has 2 aromatic rings. The lowest BCUT2D eigenvalue weighted by Gasteiger charge is -2.14. The maximum absolute atomic E-state index is 12.6. The van der Waals surface area contributed by atoms with E-state index in [4.69, 9.17) is 11.6 Å². The number of carbonyl (C=O) groups excluding carboxylic acids is 1. The topological polar surface area (TPSA) is 74.3 Å². The summed E-state index contributed by atoms with van der Waals surface area (Å²) < 4.78 is 60.4. The molecule has 0 radical (unpaired) electrons. The number of carbonyl (C=O) groups is 1. The van der Waals surface area contributed by atoms with Gasteiger partial charge in [0, 0.05) is 10.6 Å². The van der Waals surface area contributed by atoms with Gasteiger partial charge in [0.25, 0.3) is 9.84 Å². The van der Waals surface area contributed by atoms with Crippen molar-refractivity contribution in [2.24, 2.45) is 0 Å². The molecule has 0 fully saturated rings. The molecule has 0 atom stereocenters. The molecule has 0 amide bonds. The van der Waals surface area contributed by atoms with E-state index < -0.39 is 31.8 Å². The Hall–Kier alpha value is -2.06. The first-order valence-corrected chi connectivity index (χ1v) is 7.83. The Morgan fingerprint density at radius 1 is 1.04 bits per heavy atom. The number of alkyl halides is 3. The smallest absolute Gasteiger partial charge is 0.501 e. The first kappa shape index (κ1) is 17.3. The quantitative estimate of drug-likeness (QED) is 0.840. The summed E-state index contributed by atoms with van der Waals surface area (Å²) in [7, 11) is -5.65. The fourth-order valence-corrected chi connectivity index (χ4v) is 2.79. The van der Waals surface area contributed by atoms with Crippen LogP contribution in [0.5, 0.6) is 0 Å². The molecule has 2 rings (SSSR count). The van der Waals surface area contributed by atoms with Crippen LogP contribution < -0.4 is 5.11 Å². The SMILES string of the molecule is O=C([O-])c1cc(S(=O)(=O)C(F)(F)F)ccc1-c1ccc(Cl)cc1. The van der Waals surface area contributed by atoms with Crippen molar-refractivity contribution in [3.63, 3.8) is 0 Å². The zero-order chi connectivity index (χ0) is 17.4. The summed E-state index contributed by atoms with van der Waals surface area (Å²) in [6.07, 6.45) is 0. The second kappa shape index (κ2) is 5.86. The lowest BCUT2D eigenvalue weighted by atomic mass is 10.00. The van der Waals surface area contributed by atoms with Crippen molar-refractivity contribution in [3.05, 3.63) is 53.1 Å². The lowest BCUT2D eigenvalue weighted by molar-refractivity contribution is -0.255. The van der Waals surface area contributed by atoms with Gasteiger partial charge in [0.2, 0.25) is 0 Å². The largest absolute Gasteiger partial charge is 0.545 e. The maximum Gasteiger partial charge on any atom is 0.501 e. The van der Waals surface area contributed by atoms with Gasteiger partial charge in [0.1, 0.15) is 0 Å². The van der Waals surface area contributed by atoms with Crippen LogP contribution in [0.1, 0.15) is 10.4 Å². The molecular weight excluding hydrogens is 357 g/mol. The van der Waals surface area contributed by atoms with Gasteiger partial charge in [-0.3, -0.25) is 0 Å². The van der Waals surface area contributed by atoms with Crippen molar-refractivity contribution < 1.29 is 31.5 Å². The number of carboxylic acids is 1. The van der Waals surface area contributed by atoms with Crippen LogP contribution in [-0.4, -0.2) is 19.9 Å². The van der Waals surface area contributed by atoms with Crippen LogP contribution in [0.3, 0.4) is 0 Å². The highest BCUT2D eigenvalue weighted by molar-refractivity contribution is 7.92. The molecule has 0 aliphatic carbocycles. The number of hydrogen-bond acceptors (Lipinski definition) is 4. The van der Waals surface area contributed by atoms with Gasteiger partial charge in [-0.15, -0.1) is 0 Å². The zero-order valence-electron chi connectivity index (χ0n) is 11.1. The van der Waals surface area contributed by atoms with Gasteiger partial charge < -0.3 is 9.90 Å². The maximum atomic E-state index is 12.6. The average molecular weight is 364 g/mol. The van der Waals surface area contributed by atoms with Crippen molar-refractivity contribution in [1.29, 1.82) is 0 Å². The Bertz CT molecular complexity index is 859. The summed E-state index contributed by atoms with van der Waals surface area (Å²) in [5.74, 6) is -1.80. The molecule has 122 valence electrons. The molecule has 0 saturated carbocycles. The van der Waals surface area contributed by atoms with Gasteiger partial charge in [-0.2, -0.15) is 13.2 Å². The van der Waals surface area contributed by atoms with E-state index in [1.165, 1.54) is 24.3 Å². The fourth-order valence-electron chi connectivity index (χ4n) is 1.87. The molecule has 0 saturated heterocycles. The van der Waals surface area contributed by atoms with E-state index in [9.17, 15) is 31.5 Å². The van der Waals surface area contributed by atoms with Gasteiger partial charge in [0.15, 0.2) is 0 Å². The van der Waals surface area contributed by atoms with Gasteiger partial charge in [0.05, 0.1) is 10.9 Å². The molecule has 0 spiro atoms. The average Bonchev–Trinajstić information content (AvgIpc) is 2.46. The predicted octanol–water partition coefficient (Wildman–Crippen LogP) is 2.66. The highest BCUT2D eigenvalue weighted by Gasteiger charge is 2.47. The Balaban J connectivity index is 2.65. The monoisotopic (exact) mass is 363 g/mol. The normalized spacial score (nSPS) is 12.2. The third kappa shape index (κ3) is 3.32. The molecule has 0 aliphatic rings. The lowest BCUT2D eigenvalue weighted by Crippen LogP contribution is -2.26. The minimum absolute atomic E-state index is 0.0165. The molecule has 9 heteroatoms. The molecule has 0 heterocycles. The van der Waals surface area contributed by atoms with E-state index >= 15 is 0 Å². The number of benzene rings is 2. The van der Waals surface area contributed by atoms with Crippen LogP contribution in [0.15, 0.2) is 47.4 Å². The van der Waals surface area contributed by atoms with E-state index in [-0.39, 0.29) is 5.56 Å². The molecule has 0 aliphatic heterocycles. The second-order valence-corrected chi connectivity index (χ2v) is 6.83. The van der Waals surface area contributed by atoms with Crippen LogP contribution in [0.25, 0.3) is 11.1 Å². The number of sulfone groups is 1. The number of hydrogen-bond donors (Lipinski definition) is 0. The Morgan fingerprint density at radius 3 is 2.09 bits per heavy atom. The van der Waals surface area contributed by atoms with Crippen LogP contribution in [0, 0.1) is 0 Å². The number of halogens is 4. The van der Waals surface area contributed by atoms with Gasteiger partial charge in [-0.05, 0) is 35.4 Å². The predicted molar refractivity (Wildman–Crippen MR) is 74.5 cm³/mol. The fraction of sp³-hybridized carbons (Fsp3) is 0.0714. The Kier molecular flexibility index (Phi) is 4.41. The minimum Gasteiger partial charge on any atom is -0.545 e. The first-order chi connectivity index (χ1) is 10.5. The standard InChI is InChI=1S/C14H8ClF3O4S/c15-9-3-1-8(2-4-9)11-6-5-10(7-12(11)13(19)20)23(21,22)14(16,17)18/h1-7H,(H,19,20)/p-1. The van der Waals surface area contributed by atoms with Crippen LogP contribution in [0.4, 0.5) is 13.2 Å². The summed E-state index contributed by atoms with van der Waals surface area (Å²) in [6.45, 7) is 0. The number of carboxylic acid groups (broad SMARTS) is 1. The van der Waals surface area contributed by atoms with Crippen molar-refractivity contribution >= 4 is 27.4 Å². The van der Waals surface area contributed by atoms with Gasteiger partial charge >= 0.3 is 5.51 Å². The molecule has 23 heavy (non-hydrogen) atoms. The molecule has 0 bridgehead atoms. The number of rotatable bonds is 3. The summed E-state index contributed by atoms with van der Waals surface area (Å²) >= 11 is 5.70. The van der Waals surface area contributed by atoms with Gasteiger partial charge in [-0.1, -0.05) is 29.8 Å². The third-order valence-electron chi connectivity index (χ3n) is 2.98. The third-order valence-corrected chi connectivity index (χ3v) is 4.72.